The van der Waals surface area contributed by atoms with Crippen molar-refractivity contribution in [3.8, 4) is 11.1 Å². The van der Waals surface area contributed by atoms with E-state index in [0.717, 1.165) is 42.7 Å². The molecule has 0 atom stereocenters. The molecule has 1 saturated heterocycles. The number of aryl methyl sites for hydroxylation is 2. The molecular weight excluding hydrogens is 406 g/mol. The van der Waals surface area contributed by atoms with Crippen molar-refractivity contribution in [2.75, 3.05) is 31.1 Å². The van der Waals surface area contributed by atoms with Crippen LogP contribution in [-0.2, 0) is 6.42 Å². The van der Waals surface area contributed by atoms with Gasteiger partial charge in [0.05, 0.1) is 0 Å². The van der Waals surface area contributed by atoms with Crippen LogP contribution in [0.4, 0.5) is 5.69 Å². The van der Waals surface area contributed by atoms with E-state index in [1.807, 2.05) is 17.0 Å². The zero-order valence-electron chi connectivity index (χ0n) is 19.3. The number of anilines is 1. The van der Waals surface area contributed by atoms with Gasteiger partial charge in [-0.1, -0.05) is 54.1 Å². The number of pyridine rings is 1. The Labute approximate surface area is 196 Å². The van der Waals surface area contributed by atoms with E-state index < -0.39 is 0 Å². The highest BCUT2D eigenvalue weighted by atomic mass is 16.2. The largest absolute Gasteiger partial charge is 0.307 e. The molecule has 3 heterocycles. The van der Waals surface area contributed by atoms with E-state index in [4.69, 9.17) is 0 Å². The van der Waals surface area contributed by atoms with Crippen LogP contribution in [0.5, 0.6) is 0 Å². The minimum absolute atomic E-state index is 0.0243. The number of aromatic nitrogens is 1. The van der Waals surface area contributed by atoms with Gasteiger partial charge < -0.3 is 4.90 Å². The van der Waals surface area contributed by atoms with Crippen LogP contribution in [-0.4, -0.2) is 42.0 Å². The topological polar surface area (TPSA) is 36.4 Å². The lowest BCUT2D eigenvalue weighted by Crippen LogP contribution is -2.36. The first-order valence-corrected chi connectivity index (χ1v) is 12.0. The third-order valence-corrected chi connectivity index (χ3v) is 6.71. The Balaban J connectivity index is 1.30. The molecule has 2 aliphatic rings. The number of nitrogens with zero attached hydrogens (tertiary/aromatic N) is 3. The van der Waals surface area contributed by atoms with Crippen LogP contribution >= 0.6 is 0 Å². The maximum absolute atomic E-state index is 13.3. The SMILES string of the molecule is Cc1ccc(-c2ccc(C(=O)N3CCCc4cc(C=CCN5CCCC5)ccc43)nc2)cc1. The predicted octanol–water partition coefficient (Wildman–Crippen LogP) is 5.76. The molecule has 0 bridgehead atoms. The summed E-state index contributed by atoms with van der Waals surface area (Å²) in [6, 6.07) is 18.7. The van der Waals surface area contributed by atoms with Gasteiger partial charge in [0.15, 0.2) is 0 Å². The van der Waals surface area contributed by atoms with Gasteiger partial charge in [0, 0.05) is 30.5 Å². The van der Waals surface area contributed by atoms with E-state index in [0.29, 0.717) is 5.69 Å². The van der Waals surface area contributed by atoms with E-state index in [1.54, 1.807) is 6.20 Å². The molecule has 0 N–H and O–H groups in total. The number of carbonyl (C=O) groups is 1. The molecule has 4 nitrogen and oxygen atoms in total. The fraction of sp³-hybridized carbons (Fsp3) is 0.310. The number of carbonyl (C=O) groups excluding carboxylic acids is 1. The second kappa shape index (κ2) is 9.72. The third-order valence-electron chi connectivity index (χ3n) is 6.71. The van der Waals surface area contributed by atoms with Gasteiger partial charge in [0.2, 0.25) is 0 Å². The minimum atomic E-state index is -0.0243. The number of hydrogen-bond donors (Lipinski definition) is 0. The van der Waals surface area contributed by atoms with Gasteiger partial charge in [-0.05, 0) is 80.6 Å². The summed E-state index contributed by atoms with van der Waals surface area (Å²) < 4.78 is 0. The van der Waals surface area contributed by atoms with Gasteiger partial charge in [0.1, 0.15) is 5.69 Å². The lowest BCUT2D eigenvalue weighted by Gasteiger charge is -2.29. The number of amides is 1. The van der Waals surface area contributed by atoms with Gasteiger partial charge in [-0.2, -0.15) is 0 Å². The normalized spacial score (nSPS) is 16.3. The first-order valence-electron chi connectivity index (χ1n) is 12.0. The Bertz CT molecular complexity index is 1140. The van der Waals surface area contributed by atoms with Crippen molar-refractivity contribution >= 4 is 17.7 Å². The first kappa shape index (κ1) is 21.6. The Morgan fingerprint density at radius 1 is 0.939 bits per heavy atom. The number of rotatable bonds is 5. The average molecular weight is 438 g/mol. The van der Waals surface area contributed by atoms with Crippen molar-refractivity contribution in [3.63, 3.8) is 0 Å². The summed E-state index contributed by atoms with van der Waals surface area (Å²) in [5, 5.41) is 0. The maximum atomic E-state index is 13.3. The van der Waals surface area contributed by atoms with Crippen LogP contribution in [0.1, 0.15) is 46.4 Å². The molecule has 1 fully saturated rings. The molecule has 4 heteroatoms. The van der Waals surface area contributed by atoms with E-state index in [-0.39, 0.29) is 5.91 Å². The zero-order valence-corrected chi connectivity index (χ0v) is 19.3. The van der Waals surface area contributed by atoms with Crippen molar-refractivity contribution in [1.29, 1.82) is 0 Å². The lowest BCUT2D eigenvalue weighted by molar-refractivity contribution is 0.0980. The van der Waals surface area contributed by atoms with Gasteiger partial charge >= 0.3 is 0 Å². The number of hydrogen-bond acceptors (Lipinski definition) is 3. The van der Waals surface area contributed by atoms with Crippen LogP contribution in [0, 0.1) is 6.92 Å². The van der Waals surface area contributed by atoms with E-state index >= 15 is 0 Å². The Hall–Kier alpha value is -3.24. The summed E-state index contributed by atoms with van der Waals surface area (Å²) >= 11 is 0. The number of likely N-dealkylation sites (tertiary alicyclic amines) is 1. The third kappa shape index (κ3) is 4.91. The number of benzene rings is 2. The molecule has 3 aromatic rings. The molecule has 2 aromatic carbocycles. The van der Waals surface area contributed by atoms with Gasteiger partial charge in [0.25, 0.3) is 5.91 Å². The van der Waals surface area contributed by atoms with E-state index in [2.05, 4.69) is 71.4 Å². The van der Waals surface area contributed by atoms with Crippen LogP contribution in [0.3, 0.4) is 0 Å². The summed E-state index contributed by atoms with van der Waals surface area (Å²) in [4.78, 5) is 22.2. The standard InChI is InChI=1S/C29H31N3O/c1-22-8-11-24(12-9-22)26-13-14-27(30-21-26)29(33)32-19-5-7-25-20-23(10-15-28(25)32)6-4-18-31-16-2-3-17-31/h4,6,8-15,20-21H,2-3,5,7,16-19H2,1H3. The van der Waals surface area contributed by atoms with Crippen molar-refractivity contribution in [2.45, 2.75) is 32.6 Å². The van der Waals surface area contributed by atoms with Crippen molar-refractivity contribution < 1.29 is 4.79 Å². The van der Waals surface area contributed by atoms with Gasteiger partial charge in [-0.25, -0.2) is 0 Å². The minimum Gasteiger partial charge on any atom is -0.307 e. The second-order valence-electron chi connectivity index (χ2n) is 9.16. The number of fused-ring (bicyclic) bond motifs is 1. The molecule has 0 unspecified atom stereocenters. The van der Waals surface area contributed by atoms with Crippen LogP contribution in [0.15, 0.2) is 66.9 Å². The molecule has 168 valence electrons. The monoisotopic (exact) mass is 437 g/mol. The van der Waals surface area contributed by atoms with Crippen LogP contribution < -0.4 is 4.90 Å². The predicted molar refractivity (Wildman–Crippen MR) is 136 cm³/mol. The Kier molecular flexibility index (Phi) is 6.36. The summed E-state index contributed by atoms with van der Waals surface area (Å²) in [5.74, 6) is -0.0243. The fourth-order valence-corrected chi connectivity index (χ4v) is 4.81. The van der Waals surface area contributed by atoms with Crippen LogP contribution in [0.25, 0.3) is 17.2 Å². The summed E-state index contributed by atoms with van der Waals surface area (Å²) in [7, 11) is 0. The molecule has 1 aromatic heterocycles. The fourth-order valence-electron chi connectivity index (χ4n) is 4.81. The summed E-state index contributed by atoms with van der Waals surface area (Å²) in [6.07, 6.45) is 10.9. The smallest absolute Gasteiger partial charge is 0.276 e. The average Bonchev–Trinajstić information content (AvgIpc) is 3.37. The van der Waals surface area contributed by atoms with Gasteiger partial charge in [-0.15, -0.1) is 0 Å². The molecule has 0 aliphatic carbocycles. The molecule has 33 heavy (non-hydrogen) atoms. The molecule has 2 aliphatic heterocycles. The highest BCUT2D eigenvalue weighted by Crippen LogP contribution is 2.30. The summed E-state index contributed by atoms with van der Waals surface area (Å²) in [6.45, 7) is 6.26. The Morgan fingerprint density at radius 2 is 1.73 bits per heavy atom. The molecular formula is C29H31N3O. The lowest BCUT2D eigenvalue weighted by atomic mass is 9.98. The molecule has 1 amide bonds. The molecule has 0 saturated carbocycles. The molecule has 5 rings (SSSR count). The Morgan fingerprint density at radius 3 is 2.48 bits per heavy atom. The van der Waals surface area contributed by atoms with Crippen molar-refractivity contribution in [2.24, 2.45) is 0 Å². The van der Waals surface area contributed by atoms with E-state index in [1.165, 1.54) is 42.6 Å². The first-order chi connectivity index (χ1) is 16.2. The second-order valence-corrected chi connectivity index (χ2v) is 9.16. The molecule has 0 radical (unpaired) electrons. The quantitative estimate of drug-likeness (QED) is 0.509. The highest BCUT2D eigenvalue weighted by molar-refractivity contribution is 6.05. The highest BCUT2D eigenvalue weighted by Gasteiger charge is 2.24. The zero-order chi connectivity index (χ0) is 22.6. The van der Waals surface area contributed by atoms with Crippen molar-refractivity contribution in [3.05, 3.63) is 89.3 Å². The van der Waals surface area contributed by atoms with Gasteiger partial charge in [-0.3, -0.25) is 14.7 Å². The maximum Gasteiger partial charge on any atom is 0.276 e. The van der Waals surface area contributed by atoms with E-state index in [9.17, 15) is 4.79 Å². The van der Waals surface area contributed by atoms with Crippen molar-refractivity contribution in [1.82, 2.24) is 9.88 Å². The van der Waals surface area contributed by atoms with Crippen LogP contribution in [0.2, 0.25) is 0 Å². The summed E-state index contributed by atoms with van der Waals surface area (Å²) in [5.41, 5.74) is 7.34. The molecule has 0 spiro atoms.